The van der Waals surface area contributed by atoms with Crippen molar-refractivity contribution < 1.29 is 4.74 Å². The molecule has 0 N–H and O–H groups in total. The van der Waals surface area contributed by atoms with Crippen LogP contribution in [0, 0.1) is 0 Å². The van der Waals surface area contributed by atoms with Gasteiger partial charge in [-0.05, 0) is 36.1 Å². The number of hydrogen-bond acceptors (Lipinski definition) is 2. The highest BCUT2D eigenvalue weighted by Gasteiger charge is 1.93. The predicted octanol–water partition coefficient (Wildman–Crippen LogP) is 3.46. The van der Waals surface area contributed by atoms with E-state index in [2.05, 4.69) is 12.8 Å². The van der Waals surface area contributed by atoms with Crippen LogP contribution in [0.15, 0.2) is 30.8 Å². The van der Waals surface area contributed by atoms with Gasteiger partial charge in [-0.15, -0.1) is 0 Å². The van der Waals surface area contributed by atoms with Crippen molar-refractivity contribution >= 4 is 17.8 Å². The molecule has 0 radical (unpaired) electrons. The topological polar surface area (TPSA) is 9.23 Å². The van der Waals surface area contributed by atoms with E-state index in [9.17, 15) is 0 Å². The number of benzene rings is 1. The molecule has 2 heteroatoms. The summed E-state index contributed by atoms with van der Waals surface area (Å²) < 4.78 is 5.59. The van der Waals surface area contributed by atoms with Gasteiger partial charge >= 0.3 is 0 Å². The molecule has 14 heavy (non-hydrogen) atoms. The van der Waals surface area contributed by atoms with E-state index in [0.29, 0.717) is 0 Å². The van der Waals surface area contributed by atoms with Crippen LogP contribution in [0.4, 0.5) is 0 Å². The minimum absolute atomic E-state index is 0.793. The molecule has 1 aromatic rings. The highest BCUT2D eigenvalue weighted by molar-refractivity contribution is 7.98. The van der Waals surface area contributed by atoms with Gasteiger partial charge in [0.15, 0.2) is 0 Å². The number of thioether (sulfide) groups is 1. The summed E-state index contributed by atoms with van der Waals surface area (Å²) in [5, 5.41) is 0. The van der Waals surface area contributed by atoms with E-state index in [1.165, 1.54) is 0 Å². The number of rotatable bonds is 6. The van der Waals surface area contributed by atoms with E-state index in [4.69, 9.17) is 4.74 Å². The Balaban J connectivity index is 2.38. The van der Waals surface area contributed by atoms with Gasteiger partial charge in [-0.3, -0.25) is 0 Å². The molecular weight excluding hydrogens is 192 g/mol. The van der Waals surface area contributed by atoms with Gasteiger partial charge in [-0.1, -0.05) is 24.8 Å². The summed E-state index contributed by atoms with van der Waals surface area (Å²) in [6.07, 6.45) is 5.03. The van der Waals surface area contributed by atoms with Crippen molar-refractivity contribution in [3.8, 4) is 5.75 Å². The normalized spacial score (nSPS) is 9.79. The molecule has 0 aliphatic heterocycles. The second-order valence-electron chi connectivity index (χ2n) is 2.97. The van der Waals surface area contributed by atoms with Crippen LogP contribution in [0.25, 0.3) is 6.08 Å². The van der Waals surface area contributed by atoms with Gasteiger partial charge in [-0.25, -0.2) is 0 Å². The molecule has 0 aliphatic rings. The standard InChI is InChI=1S/C12H16OS/c1-3-11-6-4-7-12(10-11)13-8-5-9-14-2/h3-4,6-7,10H,1,5,8-9H2,2H3. The van der Waals surface area contributed by atoms with Crippen molar-refractivity contribution in [2.75, 3.05) is 18.6 Å². The average molecular weight is 208 g/mol. The molecule has 0 aliphatic carbocycles. The van der Waals surface area contributed by atoms with Gasteiger partial charge in [0.05, 0.1) is 6.61 Å². The van der Waals surface area contributed by atoms with E-state index < -0.39 is 0 Å². The van der Waals surface area contributed by atoms with Crippen LogP contribution in [-0.2, 0) is 0 Å². The van der Waals surface area contributed by atoms with Crippen molar-refractivity contribution in [1.29, 1.82) is 0 Å². The molecule has 0 amide bonds. The lowest BCUT2D eigenvalue weighted by molar-refractivity contribution is 0.318. The van der Waals surface area contributed by atoms with Crippen LogP contribution in [-0.4, -0.2) is 18.6 Å². The summed E-state index contributed by atoms with van der Waals surface area (Å²) in [7, 11) is 0. The van der Waals surface area contributed by atoms with Gasteiger partial charge < -0.3 is 4.74 Å². The minimum Gasteiger partial charge on any atom is -0.494 e. The lowest BCUT2D eigenvalue weighted by Gasteiger charge is -2.05. The lowest BCUT2D eigenvalue weighted by Crippen LogP contribution is -1.98. The molecular formula is C12H16OS. The highest BCUT2D eigenvalue weighted by atomic mass is 32.2. The fourth-order valence-electron chi connectivity index (χ4n) is 1.12. The third-order valence-electron chi connectivity index (χ3n) is 1.86. The lowest BCUT2D eigenvalue weighted by atomic mass is 10.2. The summed E-state index contributed by atoms with van der Waals surface area (Å²) in [4.78, 5) is 0. The fraction of sp³-hybridized carbons (Fsp3) is 0.333. The van der Waals surface area contributed by atoms with Crippen molar-refractivity contribution in [1.82, 2.24) is 0 Å². The molecule has 0 saturated carbocycles. The third-order valence-corrected chi connectivity index (χ3v) is 2.55. The predicted molar refractivity (Wildman–Crippen MR) is 65.0 cm³/mol. The Hall–Kier alpha value is -0.890. The first-order chi connectivity index (χ1) is 6.86. The second-order valence-corrected chi connectivity index (χ2v) is 3.96. The zero-order valence-corrected chi connectivity index (χ0v) is 9.35. The molecule has 0 atom stereocenters. The summed E-state index contributed by atoms with van der Waals surface area (Å²) in [5.41, 5.74) is 1.10. The van der Waals surface area contributed by atoms with Gasteiger partial charge in [0, 0.05) is 0 Å². The van der Waals surface area contributed by atoms with Crippen molar-refractivity contribution in [2.45, 2.75) is 6.42 Å². The summed E-state index contributed by atoms with van der Waals surface area (Å²) in [6, 6.07) is 7.99. The van der Waals surface area contributed by atoms with E-state index in [0.717, 1.165) is 30.1 Å². The monoisotopic (exact) mass is 208 g/mol. The van der Waals surface area contributed by atoms with Crippen molar-refractivity contribution in [2.24, 2.45) is 0 Å². The Morgan fingerprint density at radius 3 is 3.07 bits per heavy atom. The maximum Gasteiger partial charge on any atom is 0.119 e. The van der Waals surface area contributed by atoms with Crippen molar-refractivity contribution in [3.05, 3.63) is 36.4 Å². The Bertz CT molecular complexity index is 283. The first kappa shape index (κ1) is 11.2. The van der Waals surface area contributed by atoms with E-state index in [1.54, 1.807) is 0 Å². The first-order valence-electron chi connectivity index (χ1n) is 4.71. The summed E-state index contributed by atoms with van der Waals surface area (Å²) in [5.74, 6) is 2.09. The van der Waals surface area contributed by atoms with Crippen LogP contribution in [0.3, 0.4) is 0 Å². The Morgan fingerprint density at radius 1 is 1.50 bits per heavy atom. The number of hydrogen-bond donors (Lipinski definition) is 0. The molecule has 1 nitrogen and oxygen atoms in total. The quantitative estimate of drug-likeness (QED) is 0.662. The van der Waals surface area contributed by atoms with Gasteiger partial charge in [0.25, 0.3) is 0 Å². The molecule has 0 bridgehead atoms. The van der Waals surface area contributed by atoms with Gasteiger partial charge in [-0.2, -0.15) is 11.8 Å². The molecule has 0 saturated heterocycles. The molecule has 0 spiro atoms. The van der Waals surface area contributed by atoms with E-state index in [1.807, 2.05) is 42.1 Å². The summed E-state index contributed by atoms with van der Waals surface area (Å²) >= 11 is 1.85. The fourth-order valence-corrected chi connectivity index (χ4v) is 1.53. The minimum atomic E-state index is 0.793. The Labute approximate surface area is 90.2 Å². The smallest absolute Gasteiger partial charge is 0.119 e. The number of ether oxygens (including phenoxy) is 1. The zero-order valence-electron chi connectivity index (χ0n) is 8.53. The van der Waals surface area contributed by atoms with Crippen LogP contribution < -0.4 is 4.74 Å². The van der Waals surface area contributed by atoms with E-state index >= 15 is 0 Å². The molecule has 0 aromatic heterocycles. The zero-order chi connectivity index (χ0) is 10.2. The Kier molecular flexibility index (Phi) is 5.23. The third kappa shape index (κ3) is 3.88. The SMILES string of the molecule is C=Cc1cccc(OCCCSC)c1. The van der Waals surface area contributed by atoms with Crippen LogP contribution in [0.5, 0.6) is 5.75 Å². The second kappa shape index (κ2) is 6.55. The molecule has 1 aromatic carbocycles. The average Bonchev–Trinajstić information content (AvgIpc) is 2.25. The van der Waals surface area contributed by atoms with Gasteiger partial charge in [0.2, 0.25) is 0 Å². The van der Waals surface area contributed by atoms with Crippen LogP contribution in [0.2, 0.25) is 0 Å². The molecule has 1 rings (SSSR count). The molecule has 76 valence electrons. The van der Waals surface area contributed by atoms with E-state index in [-0.39, 0.29) is 0 Å². The Morgan fingerprint density at radius 2 is 2.36 bits per heavy atom. The van der Waals surface area contributed by atoms with Gasteiger partial charge in [0.1, 0.15) is 5.75 Å². The molecule has 0 unspecified atom stereocenters. The maximum absolute atomic E-state index is 5.59. The molecule has 0 heterocycles. The van der Waals surface area contributed by atoms with Crippen LogP contribution in [0.1, 0.15) is 12.0 Å². The van der Waals surface area contributed by atoms with Crippen LogP contribution >= 0.6 is 11.8 Å². The summed E-state index contributed by atoms with van der Waals surface area (Å²) in [6.45, 7) is 4.52. The largest absolute Gasteiger partial charge is 0.494 e. The van der Waals surface area contributed by atoms with Crippen molar-refractivity contribution in [3.63, 3.8) is 0 Å². The highest BCUT2D eigenvalue weighted by Crippen LogP contribution is 2.14. The first-order valence-corrected chi connectivity index (χ1v) is 6.10. The molecule has 0 fully saturated rings. The maximum atomic E-state index is 5.59.